The van der Waals surface area contributed by atoms with Crippen LogP contribution in [0.15, 0.2) is 29.2 Å². The molecule has 0 bridgehead atoms. The van der Waals surface area contributed by atoms with Gasteiger partial charge in [-0.15, -0.1) is 0 Å². The van der Waals surface area contributed by atoms with Crippen LogP contribution in [-0.2, 0) is 9.84 Å². The number of halogens is 1. The number of carboxylic acid groups (broad SMARTS) is 1. The van der Waals surface area contributed by atoms with Gasteiger partial charge in [-0.3, -0.25) is 5.10 Å². The summed E-state index contributed by atoms with van der Waals surface area (Å²) in [4.78, 5) is 10.2. The van der Waals surface area contributed by atoms with Crippen molar-refractivity contribution in [1.29, 1.82) is 0 Å². The predicted molar refractivity (Wildman–Crippen MR) is 64.1 cm³/mol. The van der Waals surface area contributed by atoms with E-state index >= 15 is 0 Å². The first-order valence-corrected chi connectivity index (χ1v) is 6.97. The zero-order chi connectivity index (χ0) is 14.2. The zero-order valence-corrected chi connectivity index (χ0v) is 10.5. The number of carbonyl (C=O) groups is 1. The van der Waals surface area contributed by atoms with Crippen molar-refractivity contribution < 1.29 is 22.7 Å². The minimum atomic E-state index is -3.80. The zero-order valence-electron chi connectivity index (χ0n) is 9.71. The standard InChI is InChI=1S/C11H9FN2O4S/c1-19(17,18)10-6(3-2-4-7(10)12)8-5-9(11(15)16)14-13-8/h2-5H,1H3,(H,13,14)(H,15,16). The van der Waals surface area contributed by atoms with Gasteiger partial charge in [0.15, 0.2) is 9.84 Å². The van der Waals surface area contributed by atoms with Crippen LogP contribution in [0.2, 0.25) is 0 Å². The van der Waals surface area contributed by atoms with Crippen molar-refractivity contribution in [1.82, 2.24) is 10.2 Å². The number of benzene rings is 1. The number of nitrogens with zero attached hydrogens (tertiary/aromatic N) is 1. The number of rotatable bonds is 3. The summed E-state index contributed by atoms with van der Waals surface area (Å²) in [6.07, 6.45) is 0.875. The number of aromatic carboxylic acids is 1. The maximum Gasteiger partial charge on any atom is 0.353 e. The van der Waals surface area contributed by atoms with Gasteiger partial charge in [-0.2, -0.15) is 5.10 Å². The smallest absolute Gasteiger partial charge is 0.353 e. The van der Waals surface area contributed by atoms with Crippen LogP contribution in [0.1, 0.15) is 10.5 Å². The third-order valence-corrected chi connectivity index (χ3v) is 3.58. The fourth-order valence-corrected chi connectivity index (χ4v) is 2.65. The lowest BCUT2D eigenvalue weighted by atomic mass is 10.1. The SMILES string of the molecule is CS(=O)(=O)c1c(F)cccc1-c1cc(C(=O)O)[nH]n1. The molecule has 1 heterocycles. The van der Waals surface area contributed by atoms with E-state index in [0.717, 1.165) is 18.4 Å². The minimum Gasteiger partial charge on any atom is -0.477 e. The number of nitrogens with one attached hydrogen (secondary N) is 1. The van der Waals surface area contributed by atoms with Gasteiger partial charge in [-0.05, 0) is 12.1 Å². The summed E-state index contributed by atoms with van der Waals surface area (Å²) in [5.41, 5.74) is -0.137. The number of carboxylic acids is 1. The van der Waals surface area contributed by atoms with Crippen LogP contribution in [0, 0.1) is 5.82 Å². The van der Waals surface area contributed by atoms with Gasteiger partial charge in [0.25, 0.3) is 0 Å². The monoisotopic (exact) mass is 284 g/mol. The molecule has 2 aromatic rings. The van der Waals surface area contributed by atoms with E-state index in [9.17, 15) is 17.6 Å². The molecule has 1 aromatic carbocycles. The Balaban J connectivity index is 2.69. The number of H-pyrrole nitrogens is 1. The Morgan fingerprint density at radius 1 is 1.42 bits per heavy atom. The summed E-state index contributed by atoms with van der Waals surface area (Å²) in [7, 11) is -3.80. The molecule has 0 amide bonds. The Morgan fingerprint density at radius 2 is 2.11 bits per heavy atom. The highest BCUT2D eigenvalue weighted by atomic mass is 32.2. The normalized spacial score (nSPS) is 11.5. The second-order valence-electron chi connectivity index (χ2n) is 3.86. The van der Waals surface area contributed by atoms with Crippen LogP contribution < -0.4 is 0 Å². The van der Waals surface area contributed by atoms with E-state index in [0.29, 0.717) is 0 Å². The van der Waals surface area contributed by atoms with Gasteiger partial charge in [0.05, 0.1) is 5.69 Å². The molecule has 8 heteroatoms. The molecule has 0 unspecified atom stereocenters. The molecule has 0 spiro atoms. The largest absolute Gasteiger partial charge is 0.477 e. The van der Waals surface area contributed by atoms with E-state index in [-0.39, 0.29) is 17.0 Å². The van der Waals surface area contributed by atoms with E-state index < -0.39 is 26.5 Å². The average Bonchev–Trinajstić information content (AvgIpc) is 2.75. The Labute approximate surface area is 107 Å². The Bertz CT molecular complexity index is 752. The van der Waals surface area contributed by atoms with Crippen LogP contribution in [0.3, 0.4) is 0 Å². The van der Waals surface area contributed by atoms with Crippen molar-refractivity contribution in [3.8, 4) is 11.3 Å². The first-order valence-electron chi connectivity index (χ1n) is 5.08. The Kier molecular flexibility index (Phi) is 3.11. The van der Waals surface area contributed by atoms with Gasteiger partial charge in [0, 0.05) is 11.8 Å². The summed E-state index contributed by atoms with van der Waals surface area (Å²) >= 11 is 0. The van der Waals surface area contributed by atoms with Crippen molar-refractivity contribution in [3.63, 3.8) is 0 Å². The van der Waals surface area contributed by atoms with E-state index in [1.165, 1.54) is 12.1 Å². The Morgan fingerprint density at radius 3 is 2.63 bits per heavy atom. The molecule has 6 nitrogen and oxygen atoms in total. The molecule has 0 fully saturated rings. The molecule has 0 radical (unpaired) electrons. The second-order valence-corrected chi connectivity index (χ2v) is 5.81. The van der Waals surface area contributed by atoms with Gasteiger partial charge in [-0.1, -0.05) is 12.1 Å². The summed E-state index contributed by atoms with van der Waals surface area (Å²) in [6, 6.07) is 4.85. The molecule has 19 heavy (non-hydrogen) atoms. The highest BCUT2D eigenvalue weighted by molar-refractivity contribution is 7.90. The van der Waals surface area contributed by atoms with Crippen LogP contribution in [0.4, 0.5) is 4.39 Å². The molecule has 0 saturated carbocycles. The summed E-state index contributed by atoms with van der Waals surface area (Å²) < 4.78 is 36.9. The average molecular weight is 284 g/mol. The van der Waals surface area contributed by atoms with Gasteiger partial charge >= 0.3 is 5.97 Å². The first-order chi connectivity index (χ1) is 8.80. The van der Waals surface area contributed by atoms with Crippen molar-refractivity contribution >= 4 is 15.8 Å². The number of sulfone groups is 1. The van der Waals surface area contributed by atoms with E-state index in [4.69, 9.17) is 5.11 Å². The van der Waals surface area contributed by atoms with E-state index in [1.54, 1.807) is 0 Å². The summed E-state index contributed by atoms with van der Waals surface area (Å²) in [6.45, 7) is 0. The lowest BCUT2D eigenvalue weighted by molar-refractivity contribution is 0.0690. The third kappa shape index (κ3) is 2.48. The topological polar surface area (TPSA) is 100 Å². The van der Waals surface area contributed by atoms with Crippen molar-refractivity contribution in [3.05, 3.63) is 35.8 Å². The Hall–Kier alpha value is -2.22. The lowest BCUT2D eigenvalue weighted by Crippen LogP contribution is -2.03. The molecule has 0 aliphatic heterocycles. The minimum absolute atomic E-state index is 0.0197. The maximum atomic E-state index is 13.7. The van der Waals surface area contributed by atoms with Crippen LogP contribution in [0.5, 0.6) is 0 Å². The molecule has 2 rings (SSSR count). The number of aromatic amines is 1. The summed E-state index contributed by atoms with van der Waals surface area (Å²) in [5, 5.41) is 14.7. The molecular weight excluding hydrogens is 275 g/mol. The van der Waals surface area contributed by atoms with Gasteiger partial charge in [0.2, 0.25) is 0 Å². The highest BCUT2D eigenvalue weighted by Gasteiger charge is 2.21. The second kappa shape index (κ2) is 4.47. The van der Waals surface area contributed by atoms with Crippen LogP contribution in [0.25, 0.3) is 11.3 Å². The van der Waals surface area contributed by atoms with Gasteiger partial charge in [-0.25, -0.2) is 17.6 Å². The molecule has 1 aromatic heterocycles. The van der Waals surface area contributed by atoms with Crippen molar-refractivity contribution in [2.24, 2.45) is 0 Å². The highest BCUT2D eigenvalue weighted by Crippen LogP contribution is 2.28. The molecular formula is C11H9FN2O4S. The quantitative estimate of drug-likeness (QED) is 0.885. The fourth-order valence-electron chi connectivity index (χ4n) is 1.66. The summed E-state index contributed by atoms with van der Waals surface area (Å²) in [5.74, 6) is -2.14. The van der Waals surface area contributed by atoms with E-state index in [2.05, 4.69) is 10.2 Å². The van der Waals surface area contributed by atoms with E-state index in [1.807, 2.05) is 0 Å². The predicted octanol–water partition coefficient (Wildman–Crippen LogP) is 1.32. The number of hydrogen-bond acceptors (Lipinski definition) is 4. The lowest BCUT2D eigenvalue weighted by Gasteiger charge is -2.06. The molecule has 0 aliphatic rings. The molecule has 0 atom stereocenters. The molecule has 2 N–H and O–H groups in total. The van der Waals surface area contributed by atoms with Gasteiger partial charge < -0.3 is 5.11 Å². The maximum absolute atomic E-state index is 13.7. The fraction of sp³-hybridized carbons (Fsp3) is 0.0909. The number of aromatic nitrogens is 2. The molecule has 100 valence electrons. The molecule has 0 aliphatic carbocycles. The van der Waals surface area contributed by atoms with Crippen molar-refractivity contribution in [2.45, 2.75) is 4.90 Å². The van der Waals surface area contributed by atoms with Gasteiger partial charge in [0.1, 0.15) is 16.4 Å². The van der Waals surface area contributed by atoms with Crippen molar-refractivity contribution in [2.75, 3.05) is 6.26 Å². The van der Waals surface area contributed by atoms with Crippen LogP contribution in [-0.4, -0.2) is 35.9 Å². The molecule has 0 saturated heterocycles. The third-order valence-electron chi connectivity index (χ3n) is 2.42. The number of hydrogen-bond donors (Lipinski definition) is 2. The first kappa shape index (κ1) is 13.2. The van der Waals surface area contributed by atoms with Crippen LogP contribution >= 0.6 is 0 Å².